The van der Waals surface area contributed by atoms with Crippen molar-refractivity contribution in [3.8, 4) is 0 Å². The second-order valence-electron chi connectivity index (χ2n) is 11.9. The maximum absolute atomic E-state index is 13.8. The third kappa shape index (κ3) is 10.0. The van der Waals surface area contributed by atoms with E-state index in [0.29, 0.717) is 24.4 Å². The number of aliphatic hydroxyl groups is 1. The van der Waals surface area contributed by atoms with E-state index in [1.807, 2.05) is 70.0 Å². The van der Waals surface area contributed by atoms with Gasteiger partial charge in [0.05, 0.1) is 0 Å². The molecule has 1 saturated heterocycles. The molecule has 1 fully saturated rings. The van der Waals surface area contributed by atoms with Gasteiger partial charge < -0.3 is 25.4 Å². The molecule has 11 heteroatoms. The van der Waals surface area contributed by atoms with E-state index >= 15 is 0 Å². The topological polar surface area (TPSA) is 124 Å². The van der Waals surface area contributed by atoms with Gasteiger partial charge in [0.1, 0.15) is 22.8 Å². The number of carbonyl (C=O) groups excluding carboxylic acids is 3. The Bertz CT molecular complexity index is 1180. The normalized spacial score (nSPS) is 18.4. The Balaban J connectivity index is 1.61. The van der Waals surface area contributed by atoms with Gasteiger partial charge in [0.25, 0.3) is 5.91 Å². The molecule has 0 radical (unpaired) electrons. The summed E-state index contributed by atoms with van der Waals surface area (Å²) >= 11 is 1.23. The highest BCUT2D eigenvalue weighted by atomic mass is 32.1. The first kappa shape index (κ1) is 34.5. The van der Waals surface area contributed by atoms with Crippen molar-refractivity contribution in [2.75, 3.05) is 27.2 Å². The number of nitrogens with zero attached hydrogens (tertiary/aromatic N) is 3. The minimum atomic E-state index is -0.958. The number of hydrogen-bond donors (Lipinski definition) is 3. The van der Waals surface area contributed by atoms with Crippen molar-refractivity contribution in [2.24, 2.45) is 11.8 Å². The number of ether oxygens (including phenoxy) is 1. The summed E-state index contributed by atoms with van der Waals surface area (Å²) in [5.41, 5.74) is 1.40. The summed E-state index contributed by atoms with van der Waals surface area (Å²) in [6.07, 6.45) is 2.64. The average Bonchev–Trinajstić information content (AvgIpc) is 3.50. The summed E-state index contributed by atoms with van der Waals surface area (Å²) in [5, 5.41) is 18.9. The Hall–Kier alpha value is -3.02. The summed E-state index contributed by atoms with van der Waals surface area (Å²) in [5.74, 6) is -0.616. The molecule has 0 aliphatic carbocycles. The van der Waals surface area contributed by atoms with E-state index in [9.17, 15) is 19.5 Å². The predicted octanol–water partition coefficient (Wildman–Crippen LogP) is 4.60. The van der Waals surface area contributed by atoms with Crippen molar-refractivity contribution in [1.82, 2.24) is 25.4 Å². The molecular weight excluding hydrogens is 566 g/mol. The molecule has 2 aromatic rings. The van der Waals surface area contributed by atoms with E-state index in [4.69, 9.17) is 4.74 Å². The van der Waals surface area contributed by atoms with Gasteiger partial charge in [-0.25, -0.2) is 9.78 Å². The fourth-order valence-electron chi connectivity index (χ4n) is 5.35. The van der Waals surface area contributed by atoms with Crippen molar-refractivity contribution in [3.63, 3.8) is 0 Å². The lowest BCUT2D eigenvalue weighted by atomic mass is 9.93. The molecule has 0 spiro atoms. The first-order chi connectivity index (χ1) is 20.5. The van der Waals surface area contributed by atoms with Gasteiger partial charge in [0.2, 0.25) is 5.91 Å². The zero-order valence-electron chi connectivity index (χ0n) is 26.4. The Labute approximate surface area is 260 Å². The van der Waals surface area contributed by atoms with E-state index in [1.54, 1.807) is 17.3 Å². The lowest BCUT2D eigenvalue weighted by Crippen LogP contribution is -2.55. The molecule has 3 amide bonds. The predicted molar refractivity (Wildman–Crippen MR) is 169 cm³/mol. The number of likely N-dealkylation sites (tertiary alicyclic amines) is 1. The molecule has 5 unspecified atom stereocenters. The summed E-state index contributed by atoms with van der Waals surface area (Å²) in [4.78, 5) is 47.4. The SMILES string of the molecule is CCC(C)C(NC(=O)OC1CCCCN1C)C(=O)N(C)C(CC(O)c1nc(C(=O)NCCc2ccccc2)cs1)C(C)C. The van der Waals surface area contributed by atoms with Crippen molar-refractivity contribution >= 4 is 29.2 Å². The number of benzene rings is 1. The molecule has 3 N–H and O–H groups in total. The van der Waals surface area contributed by atoms with Crippen LogP contribution in [0.1, 0.15) is 87.0 Å². The fourth-order valence-corrected chi connectivity index (χ4v) is 6.15. The van der Waals surface area contributed by atoms with Crippen molar-refractivity contribution < 1.29 is 24.2 Å². The van der Waals surface area contributed by atoms with E-state index in [1.165, 1.54) is 11.3 Å². The molecule has 10 nitrogen and oxygen atoms in total. The molecule has 0 bridgehead atoms. The van der Waals surface area contributed by atoms with Crippen molar-refractivity contribution in [3.05, 3.63) is 52.0 Å². The third-order valence-corrected chi connectivity index (χ3v) is 9.31. The Morgan fingerprint density at radius 3 is 2.56 bits per heavy atom. The lowest BCUT2D eigenvalue weighted by molar-refractivity contribution is -0.137. The minimum Gasteiger partial charge on any atom is -0.430 e. The highest BCUT2D eigenvalue weighted by molar-refractivity contribution is 7.09. The molecule has 3 rings (SSSR count). The molecule has 1 aliphatic heterocycles. The van der Waals surface area contributed by atoms with Gasteiger partial charge in [-0.05, 0) is 50.1 Å². The second kappa shape index (κ2) is 16.7. The number of rotatable bonds is 14. The summed E-state index contributed by atoms with van der Waals surface area (Å²) in [7, 11) is 3.65. The summed E-state index contributed by atoms with van der Waals surface area (Å²) in [6, 6.07) is 8.82. The highest BCUT2D eigenvalue weighted by Crippen LogP contribution is 2.28. The molecule has 1 aliphatic rings. The first-order valence-corrected chi connectivity index (χ1v) is 16.3. The van der Waals surface area contributed by atoms with E-state index in [-0.39, 0.29) is 48.0 Å². The largest absolute Gasteiger partial charge is 0.430 e. The van der Waals surface area contributed by atoms with Crippen molar-refractivity contribution in [1.29, 1.82) is 0 Å². The van der Waals surface area contributed by atoms with Crippen LogP contribution in [0, 0.1) is 11.8 Å². The van der Waals surface area contributed by atoms with Gasteiger partial charge >= 0.3 is 6.09 Å². The molecule has 0 saturated carbocycles. The van der Waals surface area contributed by atoms with Crippen LogP contribution in [-0.4, -0.2) is 83.3 Å². The van der Waals surface area contributed by atoms with E-state index in [2.05, 4.69) is 15.6 Å². The number of hydrogen-bond acceptors (Lipinski definition) is 8. The van der Waals surface area contributed by atoms with Crippen LogP contribution in [0.25, 0.3) is 0 Å². The zero-order valence-corrected chi connectivity index (χ0v) is 27.2. The lowest BCUT2D eigenvalue weighted by Gasteiger charge is -2.37. The Morgan fingerprint density at radius 2 is 1.91 bits per heavy atom. The highest BCUT2D eigenvalue weighted by Gasteiger charge is 2.35. The van der Waals surface area contributed by atoms with Gasteiger partial charge in [0, 0.05) is 38.0 Å². The summed E-state index contributed by atoms with van der Waals surface area (Å²) in [6.45, 7) is 9.25. The quantitative estimate of drug-likeness (QED) is 0.284. The fraction of sp³-hybridized carbons (Fsp3) is 0.625. The molecule has 1 aromatic carbocycles. The van der Waals surface area contributed by atoms with Crippen LogP contribution < -0.4 is 10.6 Å². The smallest absolute Gasteiger partial charge is 0.409 e. The van der Waals surface area contributed by atoms with Gasteiger partial charge in [-0.3, -0.25) is 14.5 Å². The van der Waals surface area contributed by atoms with E-state index in [0.717, 1.165) is 31.4 Å². The van der Waals surface area contributed by atoms with Crippen LogP contribution in [-0.2, 0) is 16.0 Å². The first-order valence-electron chi connectivity index (χ1n) is 15.4. The van der Waals surface area contributed by atoms with Crippen LogP contribution in [0.15, 0.2) is 35.7 Å². The van der Waals surface area contributed by atoms with E-state index < -0.39 is 18.2 Å². The third-order valence-electron chi connectivity index (χ3n) is 8.36. The molecule has 238 valence electrons. The molecular formula is C32H49N5O5S. The number of aromatic nitrogens is 1. The van der Waals surface area contributed by atoms with Crippen molar-refractivity contribution in [2.45, 2.75) is 90.6 Å². The standard InChI is InChI=1S/C32H49N5O5S/c1-7-22(4)28(35-32(41)42-27-15-11-12-18-36(27)5)31(40)37(6)25(21(2)3)19-26(38)30-34-24(20-43-30)29(39)33-17-16-23-13-9-8-10-14-23/h8-10,13-14,20-22,25-28,38H,7,11-12,15-19H2,1-6H3,(H,33,39)(H,35,41). The van der Waals surface area contributed by atoms with Gasteiger partial charge in [-0.1, -0.05) is 64.4 Å². The average molecular weight is 616 g/mol. The molecule has 5 atom stereocenters. The van der Waals surface area contributed by atoms with Crippen LogP contribution in [0.5, 0.6) is 0 Å². The van der Waals surface area contributed by atoms with Gasteiger partial charge in [-0.2, -0.15) is 0 Å². The maximum atomic E-state index is 13.8. The second-order valence-corrected chi connectivity index (χ2v) is 12.8. The monoisotopic (exact) mass is 615 g/mol. The summed E-state index contributed by atoms with van der Waals surface area (Å²) < 4.78 is 5.68. The van der Waals surface area contributed by atoms with Crippen LogP contribution in [0.4, 0.5) is 4.79 Å². The Morgan fingerprint density at radius 1 is 1.19 bits per heavy atom. The number of alkyl carbamates (subject to hydrolysis) is 1. The minimum absolute atomic E-state index is 0.0183. The van der Waals surface area contributed by atoms with Gasteiger partial charge in [-0.15, -0.1) is 11.3 Å². The number of thiazole rings is 1. The van der Waals surface area contributed by atoms with Gasteiger partial charge in [0.15, 0.2) is 6.23 Å². The number of nitrogens with one attached hydrogen (secondary N) is 2. The van der Waals surface area contributed by atoms with Crippen LogP contribution in [0.3, 0.4) is 0 Å². The van der Waals surface area contributed by atoms with Crippen LogP contribution >= 0.6 is 11.3 Å². The number of carbonyl (C=O) groups is 3. The molecule has 43 heavy (non-hydrogen) atoms. The Kier molecular flexibility index (Phi) is 13.4. The number of likely N-dealkylation sites (N-methyl/N-ethyl adjacent to an activating group) is 1. The number of amides is 3. The maximum Gasteiger partial charge on any atom is 0.409 e. The zero-order chi connectivity index (χ0) is 31.5. The number of aliphatic hydroxyl groups excluding tert-OH is 1. The number of piperidine rings is 1. The van der Waals surface area contributed by atoms with Crippen LogP contribution in [0.2, 0.25) is 0 Å². The molecule has 2 heterocycles. The molecule has 1 aromatic heterocycles.